The summed E-state index contributed by atoms with van der Waals surface area (Å²) in [5, 5.41) is 37.5. The second-order valence-corrected chi connectivity index (χ2v) is 12.8. The lowest BCUT2D eigenvalue weighted by atomic mass is 9.78. The summed E-state index contributed by atoms with van der Waals surface area (Å²) >= 11 is 0. The number of carbonyl (C=O) groups excluding carboxylic acids is 1. The highest BCUT2D eigenvalue weighted by atomic mass is 16.7. The molecule has 0 saturated carbocycles. The molecule has 2 aliphatic rings. The zero-order chi connectivity index (χ0) is 35.2. The number of rotatable bonds is 17. The van der Waals surface area contributed by atoms with Crippen LogP contribution in [0.25, 0.3) is 0 Å². The van der Waals surface area contributed by atoms with Gasteiger partial charge in [-0.3, -0.25) is 9.59 Å². The number of carboxylic acid groups (broad SMARTS) is 3. The minimum absolute atomic E-state index is 0.186. The Morgan fingerprint density at radius 3 is 2.30 bits per heavy atom. The van der Waals surface area contributed by atoms with Crippen molar-refractivity contribution in [1.82, 2.24) is 0 Å². The van der Waals surface area contributed by atoms with Gasteiger partial charge in [-0.05, 0) is 57.4 Å². The molecule has 2 heterocycles. The zero-order valence-corrected chi connectivity index (χ0v) is 28.2. The summed E-state index contributed by atoms with van der Waals surface area (Å²) in [4.78, 5) is 46.0. The van der Waals surface area contributed by atoms with Gasteiger partial charge in [-0.15, -0.1) is 0 Å². The van der Waals surface area contributed by atoms with E-state index < -0.39 is 47.5 Å². The van der Waals surface area contributed by atoms with Gasteiger partial charge in [-0.1, -0.05) is 69.2 Å². The third-order valence-corrected chi connectivity index (χ3v) is 8.78. The molecule has 0 amide bonds. The number of allylic oxidation sites excluding steroid dienone is 4. The van der Waals surface area contributed by atoms with E-state index in [1.807, 2.05) is 19.9 Å². The highest BCUT2D eigenvalue weighted by Crippen LogP contribution is 2.48. The van der Waals surface area contributed by atoms with Gasteiger partial charge in [0.05, 0.1) is 25.0 Å². The molecule has 11 heteroatoms. The van der Waals surface area contributed by atoms with Crippen LogP contribution in [0.5, 0.6) is 0 Å². The summed E-state index contributed by atoms with van der Waals surface area (Å²) in [6.45, 7) is 9.44. The molecule has 7 atom stereocenters. The molecule has 11 nitrogen and oxygen atoms in total. The Hall–Kier alpha value is -3.54. The van der Waals surface area contributed by atoms with Gasteiger partial charge in [0.25, 0.3) is 0 Å². The number of ether oxygens (including phenoxy) is 3. The third-order valence-electron chi connectivity index (χ3n) is 8.78. The maximum absolute atomic E-state index is 12.9. The zero-order valence-electron chi connectivity index (χ0n) is 28.2. The number of hydrogen-bond donors (Lipinski definition) is 4. The standard InChI is InChI=1S/C36H52O11/c1-6-7-19-35(47-34(44)17-16-32(40)41)21-22-36(46-30(35)14-10-25(3)23-33(42)43)20-18-27(5)29(45-36)13-9-24(2)8-12-28(37)26(4)11-15-31(38)39/h8-12,14-15,23,26-30,37H,6-7,13,16-22H2,1-5H3,(H,38,39)(H,40,41)(H,42,43)/b12-8+,14-10+,15-11+,24-9+,25-23+/t26-,27+,28+,29+,30+,35+,36+/m1/s1. The Balaban J connectivity index is 2.31. The SMILES string of the molecule is CCCC[C@]1(OC(=O)CCC(=O)O)CC[C@]2(CC[C@H](C)[C@H](C/C=C(C)/C=C/[C@H](O)[C@H](C)/C=C/C(=O)O)O2)O[C@H]1/C=C/C(C)=C/C(=O)O. The van der Waals surface area contributed by atoms with Crippen LogP contribution in [0.4, 0.5) is 0 Å². The van der Waals surface area contributed by atoms with Gasteiger partial charge < -0.3 is 34.6 Å². The lowest BCUT2D eigenvalue weighted by Gasteiger charge is -2.53. The molecule has 4 N–H and O–H groups in total. The molecule has 0 aromatic heterocycles. The van der Waals surface area contributed by atoms with Crippen LogP contribution >= 0.6 is 0 Å². The molecule has 2 fully saturated rings. The first kappa shape index (κ1) is 39.6. The predicted octanol–water partition coefficient (Wildman–Crippen LogP) is 6.13. The minimum Gasteiger partial charge on any atom is -0.481 e. The van der Waals surface area contributed by atoms with Crippen molar-refractivity contribution < 1.29 is 53.8 Å². The van der Waals surface area contributed by atoms with E-state index in [0.29, 0.717) is 37.7 Å². The normalized spacial score (nSPS) is 28.6. The van der Waals surface area contributed by atoms with Crippen LogP contribution < -0.4 is 0 Å². The van der Waals surface area contributed by atoms with Crippen LogP contribution in [-0.4, -0.2) is 74.0 Å². The van der Waals surface area contributed by atoms with E-state index in [1.165, 1.54) is 6.08 Å². The van der Waals surface area contributed by atoms with E-state index in [-0.39, 0.29) is 30.8 Å². The molecular weight excluding hydrogens is 608 g/mol. The number of hydrogen-bond acceptors (Lipinski definition) is 8. The number of carboxylic acids is 3. The number of carbonyl (C=O) groups is 4. The molecular formula is C36H52O11. The van der Waals surface area contributed by atoms with Crippen molar-refractivity contribution in [2.24, 2.45) is 11.8 Å². The molecule has 2 saturated heterocycles. The molecule has 0 aliphatic carbocycles. The molecule has 0 unspecified atom stereocenters. The molecule has 47 heavy (non-hydrogen) atoms. The van der Waals surface area contributed by atoms with Gasteiger partial charge in [-0.25, -0.2) is 9.59 Å². The lowest BCUT2D eigenvalue weighted by Crippen LogP contribution is -2.59. The summed E-state index contributed by atoms with van der Waals surface area (Å²) in [7, 11) is 0. The van der Waals surface area contributed by atoms with E-state index in [2.05, 4.69) is 6.92 Å². The molecule has 0 radical (unpaired) electrons. The molecule has 0 aromatic carbocycles. The molecule has 2 aliphatic heterocycles. The quantitative estimate of drug-likeness (QED) is 0.0802. The van der Waals surface area contributed by atoms with Crippen LogP contribution in [0.3, 0.4) is 0 Å². The fourth-order valence-corrected chi connectivity index (χ4v) is 5.81. The average molecular weight is 661 g/mol. The average Bonchev–Trinajstić information content (AvgIpc) is 3.01. The molecule has 0 aromatic rings. The minimum atomic E-state index is -1.09. The predicted molar refractivity (Wildman–Crippen MR) is 175 cm³/mol. The number of aliphatic hydroxyl groups is 1. The van der Waals surface area contributed by atoms with Gasteiger partial charge in [0.15, 0.2) is 5.79 Å². The summed E-state index contributed by atoms with van der Waals surface area (Å²) in [5.74, 6) is -4.98. The topological polar surface area (TPSA) is 177 Å². The van der Waals surface area contributed by atoms with E-state index in [4.69, 9.17) is 24.4 Å². The van der Waals surface area contributed by atoms with Gasteiger partial charge in [0.2, 0.25) is 0 Å². The second-order valence-electron chi connectivity index (χ2n) is 12.8. The van der Waals surface area contributed by atoms with Crippen molar-refractivity contribution in [3.8, 4) is 0 Å². The van der Waals surface area contributed by atoms with E-state index in [1.54, 1.807) is 38.2 Å². The fourth-order valence-electron chi connectivity index (χ4n) is 5.81. The smallest absolute Gasteiger partial charge is 0.328 e. The van der Waals surface area contributed by atoms with Crippen LogP contribution in [0.15, 0.2) is 59.8 Å². The lowest BCUT2D eigenvalue weighted by molar-refractivity contribution is -0.344. The second kappa shape index (κ2) is 18.7. The van der Waals surface area contributed by atoms with Crippen molar-refractivity contribution in [2.45, 2.75) is 129 Å². The van der Waals surface area contributed by atoms with Gasteiger partial charge in [0, 0.05) is 30.9 Å². The van der Waals surface area contributed by atoms with Crippen molar-refractivity contribution in [3.05, 3.63) is 59.8 Å². The Kier molecular flexibility index (Phi) is 15.8. The Morgan fingerprint density at radius 1 is 0.936 bits per heavy atom. The Bertz CT molecular complexity index is 1250. The first-order chi connectivity index (χ1) is 22.1. The van der Waals surface area contributed by atoms with Crippen LogP contribution in [0.2, 0.25) is 0 Å². The maximum atomic E-state index is 12.9. The summed E-state index contributed by atoms with van der Waals surface area (Å²) in [5.41, 5.74) is 0.314. The Labute approximate surface area is 277 Å². The highest BCUT2D eigenvalue weighted by molar-refractivity contribution is 5.81. The third kappa shape index (κ3) is 13.2. The van der Waals surface area contributed by atoms with Gasteiger partial charge >= 0.3 is 23.9 Å². The molecule has 0 bridgehead atoms. The molecule has 262 valence electrons. The summed E-state index contributed by atoms with van der Waals surface area (Å²) in [6.07, 6.45) is 14.9. The largest absolute Gasteiger partial charge is 0.481 e. The van der Waals surface area contributed by atoms with E-state index >= 15 is 0 Å². The first-order valence-corrected chi connectivity index (χ1v) is 16.4. The van der Waals surface area contributed by atoms with E-state index in [9.17, 15) is 29.4 Å². The van der Waals surface area contributed by atoms with E-state index in [0.717, 1.165) is 37.0 Å². The maximum Gasteiger partial charge on any atom is 0.328 e. The number of unbranched alkanes of at least 4 members (excludes halogenated alkanes) is 1. The van der Waals surface area contributed by atoms with Crippen LogP contribution in [-0.2, 0) is 33.4 Å². The highest BCUT2D eigenvalue weighted by Gasteiger charge is 2.54. The summed E-state index contributed by atoms with van der Waals surface area (Å²) < 4.78 is 19.5. The van der Waals surface area contributed by atoms with Crippen LogP contribution in [0, 0.1) is 11.8 Å². The van der Waals surface area contributed by atoms with Crippen molar-refractivity contribution in [2.75, 3.05) is 0 Å². The summed E-state index contributed by atoms with van der Waals surface area (Å²) in [6, 6.07) is 0. The Morgan fingerprint density at radius 2 is 1.66 bits per heavy atom. The van der Waals surface area contributed by atoms with Crippen LogP contribution in [0.1, 0.15) is 98.8 Å². The molecule has 1 spiro atoms. The van der Waals surface area contributed by atoms with Crippen molar-refractivity contribution >= 4 is 23.9 Å². The number of aliphatic carboxylic acids is 3. The monoisotopic (exact) mass is 660 g/mol. The van der Waals surface area contributed by atoms with Gasteiger partial charge in [-0.2, -0.15) is 0 Å². The van der Waals surface area contributed by atoms with Crippen molar-refractivity contribution in [3.63, 3.8) is 0 Å². The number of esters is 1. The number of aliphatic hydroxyl groups excluding tert-OH is 1. The van der Waals surface area contributed by atoms with Crippen molar-refractivity contribution in [1.29, 1.82) is 0 Å². The van der Waals surface area contributed by atoms with Gasteiger partial charge in [0.1, 0.15) is 11.7 Å². The fraction of sp³-hybridized carbons (Fsp3) is 0.611. The first-order valence-electron chi connectivity index (χ1n) is 16.4. The molecule has 2 rings (SSSR count).